The van der Waals surface area contributed by atoms with Crippen LogP contribution in [-0.2, 0) is 23.0 Å². The molecule has 6 rings (SSSR count). The van der Waals surface area contributed by atoms with Crippen LogP contribution in [0, 0.1) is 6.92 Å². The number of hydrogen-bond donors (Lipinski definition) is 0. The number of fused-ring (bicyclic) bond motifs is 6. The van der Waals surface area contributed by atoms with Crippen LogP contribution in [0.2, 0.25) is 0 Å². The summed E-state index contributed by atoms with van der Waals surface area (Å²) < 4.78 is 29.8. The molecule has 1 unspecified atom stereocenters. The van der Waals surface area contributed by atoms with E-state index in [-0.39, 0.29) is 6.04 Å². The summed E-state index contributed by atoms with van der Waals surface area (Å²) in [6.07, 6.45) is 1.54. The lowest BCUT2D eigenvalue weighted by molar-refractivity contribution is 0.178. The molecule has 4 aromatic rings. The van der Waals surface area contributed by atoms with E-state index < -0.39 is 10.0 Å². The van der Waals surface area contributed by atoms with Gasteiger partial charge in [0.25, 0.3) is 10.0 Å². The summed E-state index contributed by atoms with van der Waals surface area (Å²) in [6, 6.07) is 23.5. The van der Waals surface area contributed by atoms with Crippen molar-refractivity contribution in [2.75, 3.05) is 6.54 Å². The summed E-state index contributed by atoms with van der Waals surface area (Å²) in [5.74, 6) is 0. The third-order valence-electron chi connectivity index (χ3n) is 7.15. The van der Waals surface area contributed by atoms with E-state index in [1.165, 1.54) is 11.1 Å². The van der Waals surface area contributed by atoms with Gasteiger partial charge in [-0.05, 0) is 60.2 Å². The second kappa shape index (κ2) is 7.44. The van der Waals surface area contributed by atoms with Crippen LogP contribution in [0.1, 0.15) is 40.4 Å². The molecular formula is C28H26N2O2S. The zero-order chi connectivity index (χ0) is 22.7. The number of nitrogens with zero attached hydrogens (tertiary/aromatic N) is 2. The molecule has 3 heterocycles. The molecule has 1 aromatic heterocycles. The average Bonchev–Trinajstić information content (AvgIpc) is 3.08. The van der Waals surface area contributed by atoms with Crippen LogP contribution in [0.5, 0.6) is 0 Å². The van der Waals surface area contributed by atoms with Crippen LogP contribution in [0.15, 0.2) is 84.3 Å². The Morgan fingerprint density at radius 2 is 1.67 bits per heavy atom. The Morgan fingerprint density at radius 3 is 2.48 bits per heavy atom. The van der Waals surface area contributed by atoms with E-state index in [0.717, 1.165) is 52.8 Å². The van der Waals surface area contributed by atoms with E-state index in [4.69, 9.17) is 0 Å². The van der Waals surface area contributed by atoms with Crippen LogP contribution in [-0.4, -0.2) is 23.8 Å². The van der Waals surface area contributed by atoms with Crippen LogP contribution < -0.4 is 0 Å². The number of benzene rings is 3. The average molecular weight is 455 g/mol. The molecule has 0 N–H and O–H groups in total. The van der Waals surface area contributed by atoms with Gasteiger partial charge in [-0.1, -0.05) is 66.7 Å². The highest BCUT2D eigenvalue weighted by atomic mass is 32.2. The Balaban J connectivity index is 1.60. The molecule has 0 amide bonds. The smallest absolute Gasteiger partial charge is 0.268 e. The first-order valence-corrected chi connectivity index (χ1v) is 12.8. The van der Waals surface area contributed by atoms with Gasteiger partial charge in [0.1, 0.15) is 0 Å². The van der Waals surface area contributed by atoms with Gasteiger partial charge in [-0.3, -0.25) is 4.90 Å². The lowest BCUT2D eigenvalue weighted by atomic mass is 9.93. The van der Waals surface area contributed by atoms with Gasteiger partial charge in [-0.2, -0.15) is 0 Å². The van der Waals surface area contributed by atoms with Crippen LogP contribution >= 0.6 is 0 Å². The fourth-order valence-corrected chi connectivity index (χ4v) is 7.13. The molecule has 0 radical (unpaired) electrons. The van der Waals surface area contributed by atoms with E-state index >= 15 is 0 Å². The summed E-state index contributed by atoms with van der Waals surface area (Å²) in [7, 11) is -3.77. The zero-order valence-corrected chi connectivity index (χ0v) is 19.5. The van der Waals surface area contributed by atoms with Crippen molar-refractivity contribution in [2.24, 2.45) is 0 Å². The third-order valence-corrected chi connectivity index (χ3v) is 8.89. The van der Waals surface area contributed by atoms with Crippen molar-refractivity contribution in [2.45, 2.75) is 37.2 Å². The fourth-order valence-electron chi connectivity index (χ4n) is 5.53. The second-order valence-corrected chi connectivity index (χ2v) is 11.0. The summed E-state index contributed by atoms with van der Waals surface area (Å²) in [5.41, 5.74) is 7.37. The maximum absolute atomic E-state index is 14.1. The molecule has 0 aliphatic carbocycles. The number of aryl methyl sites for hydroxylation is 1. The quantitative estimate of drug-likeness (QED) is 0.390. The molecule has 166 valence electrons. The normalized spacial score (nSPS) is 18.5. The van der Waals surface area contributed by atoms with Crippen molar-refractivity contribution < 1.29 is 8.42 Å². The molecule has 2 aliphatic heterocycles. The van der Waals surface area contributed by atoms with Crippen LogP contribution in [0.3, 0.4) is 0 Å². The van der Waals surface area contributed by atoms with E-state index in [2.05, 4.69) is 41.8 Å². The van der Waals surface area contributed by atoms with Crippen LogP contribution in [0.4, 0.5) is 0 Å². The molecule has 0 fully saturated rings. The van der Waals surface area contributed by atoms with E-state index in [1.807, 2.05) is 37.3 Å². The van der Waals surface area contributed by atoms with Gasteiger partial charge in [-0.25, -0.2) is 12.4 Å². The van der Waals surface area contributed by atoms with Crippen molar-refractivity contribution in [3.63, 3.8) is 0 Å². The number of para-hydroxylation sites is 1. The SMILES string of the molecule is C=C1CC2c3c(c4ccccc4n3S(=O)(=O)c3ccc(C)cc3)CCN2Cc2ccccc21. The minimum atomic E-state index is -3.77. The topological polar surface area (TPSA) is 42.3 Å². The highest BCUT2D eigenvalue weighted by Crippen LogP contribution is 2.45. The molecule has 2 aliphatic rings. The van der Waals surface area contributed by atoms with Gasteiger partial charge >= 0.3 is 0 Å². The minimum absolute atomic E-state index is 0.0405. The van der Waals surface area contributed by atoms with Crippen molar-refractivity contribution in [3.05, 3.63) is 107 Å². The molecule has 0 saturated heterocycles. The fraction of sp³-hybridized carbons (Fsp3) is 0.214. The second-order valence-electron chi connectivity index (χ2n) is 9.16. The van der Waals surface area contributed by atoms with E-state index in [9.17, 15) is 8.42 Å². The Morgan fingerprint density at radius 1 is 0.939 bits per heavy atom. The van der Waals surface area contributed by atoms with E-state index in [0.29, 0.717) is 11.3 Å². The molecule has 1 atom stereocenters. The number of hydrogen-bond acceptors (Lipinski definition) is 3. The lowest BCUT2D eigenvalue weighted by Crippen LogP contribution is -2.36. The first-order chi connectivity index (χ1) is 15.9. The molecule has 5 heteroatoms. The number of aromatic nitrogens is 1. The first-order valence-electron chi connectivity index (χ1n) is 11.4. The van der Waals surface area contributed by atoms with E-state index in [1.54, 1.807) is 16.1 Å². The van der Waals surface area contributed by atoms with Gasteiger partial charge in [-0.15, -0.1) is 0 Å². The predicted molar refractivity (Wildman–Crippen MR) is 133 cm³/mol. The number of rotatable bonds is 2. The maximum Gasteiger partial charge on any atom is 0.268 e. The lowest BCUT2D eigenvalue weighted by Gasteiger charge is -2.35. The molecule has 4 nitrogen and oxygen atoms in total. The van der Waals surface area contributed by atoms with Crippen molar-refractivity contribution in [3.8, 4) is 0 Å². The Kier molecular flexibility index (Phi) is 4.61. The largest absolute Gasteiger partial charge is 0.290 e. The standard InChI is InChI=1S/C28H26N2O2S/c1-19-11-13-22(14-12-19)33(31,32)30-26-10-6-5-9-24(26)25-15-16-29-18-21-7-3-4-8-23(21)20(2)17-27(29)28(25)30/h3-14,27H,2,15-18H2,1H3. The monoisotopic (exact) mass is 454 g/mol. The molecular weight excluding hydrogens is 428 g/mol. The summed E-state index contributed by atoms with van der Waals surface area (Å²) in [4.78, 5) is 2.75. The summed E-state index contributed by atoms with van der Waals surface area (Å²) in [5, 5.41) is 1.04. The van der Waals surface area contributed by atoms with Crippen molar-refractivity contribution in [1.82, 2.24) is 8.87 Å². The van der Waals surface area contributed by atoms with Crippen molar-refractivity contribution >= 4 is 26.5 Å². The Bertz CT molecular complexity index is 1510. The predicted octanol–water partition coefficient (Wildman–Crippen LogP) is 5.70. The van der Waals surface area contributed by atoms with Gasteiger partial charge in [0.2, 0.25) is 0 Å². The maximum atomic E-state index is 14.1. The Hall–Kier alpha value is -3.15. The minimum Gasteiger partial charge on any atom is -0.290 e. The van der Waals surface area contributed by atoms with Crippen molar-refractivity contribution in [1.29, 1.82) is 0 Å². The van der Waals surface area contributed by atoms with Gasteiger partial charge < -0.3 is 0 Å². The highest BCUT2D eigenvalue weighted by Gasteiger charge is 2.38. The molecule has 33 heavy (non-hydrogen) atoms. The Labute approximate surface area is 194 Å². The summed E-state index contributed by atoms with van der Waals surface area (Å²) in [6.45, 7) is 8.07. The first kappa shape index (κ1) is 20.5. The van der Waals surface area contributed by atoms with Gasteiger partial charge in [0.15, 0.2) is 0 Å². The molecule has 3 aromatic carbocycles. The third kappa shape index (κ3) is 3.10. The molecule has 0 spiro atoms. The van der Waals surface area contributed by atoms with Gasteiger partial charge in [0, 0.05) is 18.5 Å². The molecule has 0 bridgehead atoms. The molecule has 0 saturated carbocycles. The highest BCUT2D eigenvalue weighted by molar-refractivity contribution is 7.90. The van der Waals surface area contributed by atoms with Crippen LogP contribution in [0.25, 0.3) is 16.5 Å². The summed E-state index contributed by atoms with van der Waals surface area (Å²) >= 11 is 0. The van der Waals surface area contributed by atoms with Gasteiger partial charge in [0.05, 0.1) is 22.1 Å². The zero-order valence-electron chi connectivity index (χ0n) is 18.7.